The molecule has 5 nitrogen and oxygen atoms in total. The normalized spacial score (nSPS) is 16.2. The molecule has 1 aromatic carbocycles. The van der Waals surface area contributed by atoms with Crippen molar-refractivity contribution in [2.24, 2.45) is 0 Å². The van der Waals surface area contributed by atoms with Gasteiger partial charge in [-0.1, -0.05) is 0 Å². The van der Waals surface area contributed by atoms with Gasteiger partial charge in [-0.2, -0.15) is 0 Å². The van der Waals surface area contributed by atoms with E-state index in [1.165, 1.54) is 7.11 Å². The molecule has 2 N–H and O–H groups in total. The minimum atomic E-state index is -0.359. The first-order valence-corrected chi connectivity index (χ1v) is 6.03. The Hall–Kier alpha value is -1.75. The number of rotatable bonds is 2. The fraction of sp³-hybridized carbons (Fsp3) is 0.462. The van der Waals surface area contributed by atoms with Crippen molar-refractivity contribution in [2.45, 2.75) is 6.42 Å². The highest BCUT2D eigenvalue weighted by Gasteiger charge is 2.18. The Labute approximate surface area is 106 Å². The fourth-order valence-electron chi connectivity index (χ4n) is 2.09. The lowest BCUT2D eigenvalue weighted by atomic mass is 10.1. The van der Waals surface area contributed by atoms with Gasteiger partial charge in [-0.05, 0) is 24.6 Å². The second kappa shape index (κ2) is 5.73. The smallest absolute Gasteiger partial charge is 0.340 e. The summed E-state index contributed by atoms with van der Waals surface area (Å²) in [6, 6.07) is 5.33. The van der Waals surface area contributed by atoms with E-state index in [4.69, 9.17) is 15.2 Å². The van der Waals surface area contributed by atoms with Crippen molar-refractivity contribution in [3.8, 4) is 0 Å². The maximum Gasteiger partial charge on any atom is 0.340 e. The van der Waals surface area contributed by atoms with Crippen molar-refractivity contribution < 1.29 is 14.3 Å². The Morgan fingerprint density at radius 1 is 1.39 bits per heavy atom. The topological polar surface area (TPSA) is 64.8 Å². The Kier molecular flexibility index (Phi) is 4.04. The van der Waals surface area contributed by atoms with Gasteiger partial charge in [0, 0.05) is 25.4 Å². The highest BCUT2D eigenvalue weighted by molar-refractivity contribution is 5.97. The first kappa shape index (κ1) is 12.7. The van der Waals surface area contributed by atoms with Gasteiger partial charge in [-0.25, -0.2) is 4.79 Å². The van der Waals surface area contributed by atoms with Crippen molar-refractivity contribution in [2.75, 3.05) is 44.0 Å². The highest BCUT2D eigenvalue weighted by atomic mass is 16.5. The molecular formula is C13H18N2O3. The number of benzene rings is 1. The van der Waals surface area contributed by atoms with Gasteiger partial charge in [0.1, 0.15) is 0 Å². The molecule has 0 unspecified atom stereocenters. The first-order valence-electron chi connectivity index (χ1n) is 6.03. The van der Waals surface area contributed by atoms with E-state index in [-0.39, 0.29) is 5.97 Å². The average Bonchev–Trinajstić information content (AvgIpc) is 2.66. The standard InChI is InChI=1S/C13H18N2O3/c1-17-13(16)11-9-10(14)3-4-12(11)15-5-2-7-18-8-6-15/h3-4,9H,2,5-8,14H2,1H3. The molecule has 1 fully saturated rings. The van der Waals surface area contributed by atoms with E-state index in [1.807, 2.05) is 6.07 Å². The Morgan fingerprint density at radius 2 is 2.22 bits per heavy atom. The summed E-state index contributed by atoms with van der Waals surface area (Å²) in [6.45, 7) is 3.08. The molecule has 0 atom stereocenters. The van der Waals surface area contributed by atoms with E-state index in [1.54, 1.807) is 12.1 Å². The molecule has 0 amide bonds. The van der Waals surface area contributed by atoms with Crippen molar-refractivity contribution >= 4 is 17.3 Å². The van der Waals surface area contributed by atoms with Crippen LogP contribution in [0.5, 0.6) is 0 Å². The number of anilines is 2. The molecule has 1 heterocycles. The highest BCUT2D eigenvalue weighted by Crippen LogP contribution is 2.24. The first-order chi connectivity index (χ1) is 8.72. The largest absolute Gasteiger partial charge is 0.465 e. The summed E-state index contributed by atoms with van der Waals surface area (Å²) in [7, 11) is 1.38. The van der Waals surface area contributed by atoms with E-state index in [0.29, 0.717) is 17.9 Å². The van der Waals surface area contributed by atoms with Crippen LogP contribution in [-0.2, 0) is 9.47 Å². The van der Waals surface area contributed by atoms with Gasteiger partial charge in [0.05, 0.1) is 25.0 Å². The molecular weight excluding hydrogens is 232 g/mol. The van der Waals surface area contributed by atoms with Crippen LogP contribution in [-0.4, -0.2) is 39.4 Å². The number of carbonyl (C=O) groups is 1. The molecule has 0 spiro atoms. The van der Waals surface area contributed by atoms with Crippen LogP contribution in [0.1, 0.15) is 16.8 Å². The maximum absolute atomic E-state index is 11.8. The van der Waals surface area contributed by atoms with Crippen LogP contribution in [0.4, 0.5) is 11.4 Å². The van der Waals surface area contributed by atoms with Crippen molar-refractivity contribution in [3.63, 3.8) is 0 Å². The van der Waals surface area contributed by atoms with Crippen LogP contribution in [0.3, 0.4) is 0 Å². The van der Waals surface area contributed by atoms with Gasteiger partial charge in [0.25, 0.3) is 0 Å². The summed E-state index contributed by atoms with van der Waals surface area (Å²) < 4.78 is 10.2. The van der Waals surface area contributed by atoms with E-state index >= 15 is 0 Å². The number of methoxy groups -OCH3 is 1. The molecule has 0 aromatic heterocycles. The predicted molar refractivity (Wildman–Crippen MR) is 69.8 cm³/mol. The number of hydrogen-bond donors (Lipinski definition) is 1. The third kappa shape index (κ3) is 2.73. The molecule has 2 rings (SSSR count). The zero-order valence-corrected chi connectivity index (χ0v) is 10.5. The lowest BCUT2D eigenvalue weighted by Crippen LogP contribution is -2.27. The summed E-state index contributed by atoms with van der Waals surface area (Å²) >= 11 is 0. The molecule has 18 heavy (non-hydrogen) atoms. The van der Waals surface area contributed by atoms with E-state index in [0.717, 1.165) is 31.8 Å². The summed E-state index contributed by atoms with van der Waals surface area (Å²) in [6.07, 6.45) is 0.949. The summed E-state index contributed by atoms with van der Waals surface area (Å²) in [5.74, 6) is -0.359. The van der Waals surface area contributed by atoms with Crippen molar-refractivity contribution in [3.05, 3.63) is 23.8 Å². The molecule has 1 saturated heterocycles. The zero-order valence-electron chi connectivity index (χ0n) is 10.5. The minimum Gasteiger partial charge on any atom is -0.465 e. The van der Waals surface area contributed by atoms with E-state index in [2.05, 4.69) is 4.90 Å². The zero-order chi connectivity index (χ0) is 13.0. The van der Waals surface area contributed by atoms with Crippen LogP contribution < -0.4 is 10.6 Å². The predicted octanol–water partition coefficient (Wildman–Crippen LogP) is 1.28. The quantitative estimate of drug-likeness (QED) is 0.632. The van der Waals surface area contributed by atoms with Crippen LogP contribution >= 0.6 is 0 Å². The summed E-state index contributed by atoms with van der Waals surface area (Å²) in [5.41, 5.74) is 7.67. The Balaban J connectivity index is 2.32. The minimum absolute atomic E-state index is 0.359. The third-order valence-electron chi connectivity index (χ3n) is 2.99. The van der Waals surface area contributed by atoms with Crippen molar-refractivity contribution in [1.29, 1.82) is 0 Å². The van der Waals surface area contributed by atoms with Crippen molar-refractivity contribution in [1.82, 2.24) is 0 Å². The molecule has 0 radical (unpaired) electrons. The van der Waals surface area contributed by atoms with E-state index in [9.17, 15) is 4.79 Å². The molecule has 98 valence electrons. The van der Waals surface area contributed by atoms with Gasteiger partial charge < -0.3 is 20.1 Å². The van der Waals surface area contributed by atoms with Crippen LogP contribution in [0.25, 0.3) is 0 Å². The molecule has 1 aromatic rings. The third-order valence-corrected chi connectivity index (χ3v) is 2.99. The Morgan fingerprint density at radius 3 is 3.00 bits per heavy atom. The van der Waals surface area contributed by atoms with Crippen LogP contribution in [0.2, 0.25) is 0 Å². The molecule has 0 saturated carbocycles. The molecule has 0 aliphatic carbocycles. The summed E-state index contributed by atoms with van der Waals surface area (Å²) in [5, 5.41) is 0. The monoisotopic (exact) mass is 250 g/mol. The number of carbonyl (C=O) groups excluding carboxylic acids is 1. The number of hydrogen-bond acceptors (Lipinski definition) is 5. The average molecular weight is 250 g/mol. The van der Waals surface area contributed by atoms with Gasteiger partial charge >= 0.3 is 5.97 Å². The SMILES string of the molecule is COC(=O)c1cc(N)ccc1N1CCCOCC1. The number of nitrogen functional groups attached to an aromatic ring is 1. The fourth-order valence-corrected chi connectivity index (χ4v) is 2.09. The molecule has 5 heteroatoms. The second-order valence-electron chi connectivity index (χ2n) is 4.22. The van der Waals surface area contributed by atoms with Crippen LogP contribution in [0, 0.1) is 0 Å². The van der Waals surface area contributed by atoms with Gasteiger partial charge in [-0.15, -0.1) is 0 Å². The van der Waals surface area contributed by atoms with Crippen LogP contribution in [0.15, 0.2) is 18.2 Å². The Bertz CT molecular complexity index is 426. The summed E-state index contributed by atoms with van der Waals surface area (Å²) in [4.78, 5) is 13.9. The van der Waals surface area contributed by atoms with Gasteiger partial charge in [0.15, 0.2) is 0 Å². The second-order valence-corrected chi connectivity index (χ2v) is 4.22. The number of nitrogens with two attached hydrogens (primary N) is 1. The number of nitrogens with zero attached hydrogens (tertiary/aromatic N) is 1. The molecule has 1 aliphatic rings. The van der Waals surface area contributed by atoms with Gasteiger partial charge in [0.2, 0.25) is 0 Å². The maximum atomic E-state index is 11.8. The number of esters is 1. The van der Waals surface area contributed by atoms with E-state index < -0.39 is 0 Å². The molecule has 0 bridgehead atoms. The lowest BCUT2D eigenvalue weighted by Gasteiger charge is -2.24. The van der Waals surface area contributed by atoms with Gasteiger partial charge in [-0.3, -0.25) is 0 Å². The lowest BCUT2D eigenvalue weighted by molar-refractivity contribution is 0.0601. The number of ether oxygens (including phenoxy) is 2. The molecule has 1 aliphatic heterocycles.